The van der Waals surface area contributed by atoms with Crippen LogP contribution in [0, 0.1) is 0 Å². The first-order valence-electron chi connectivity index (χ1n) is 32.2. The minimum absolute atomic E-state index is 0.0988. The molecule has 0 aromatic rings. The first-order valence-corrected chi connectivity index (χ1v) is 32.2. The van der Waals surface area contributed by atoms with Gasteiger partial charge in [-0.25, -0.2) is 0 Å². The Kier molecular flexibility index (Phi) is 61.4. The van der Waals surface area contributed by atoms with Gasteiger partial charge in [0, 0.05) is 19.3 Å². The van der Waals surface area contributed by atoms with Crippen LogP contribution in [0.1, 0.15) is 284 Å². The monoisotopic (exact) mass is 1080 g/mol. The highest BCUT2D eigenvalue weighted by molar-refractivity contribution is 5.71. The first kappa shape index (κ1) is 73.5. The number of carbonyl (C=O) groups excluding carboxylic acids is 3. The number of rotatable bonds is 57. The molecule has 0 N–H and O–H groups in total. The van der Waals surface area contributed by atoms with Crippen LogP contribution in [0.15, 0.2) is 134 Å². The zero-order chi connectivity index (χ0) is 56.4. The molecule has 0 heterocycles. The minimum atomic E-state index is -0.808. The van der Waals surface area contributed by atoms with Gasteiger partial charge >= 0.3 is 17.9 Å². The number of hydrogen-bond acceptors (Lipinski definition) is 6. The highest BCUT2D eigenvalue weighted by Gasteiger charge is 2.19. The quantitative estimate of drug-likeness (QED) is 0.0261. The van der Waals surface area contributed by atoms with E-state index in [0.717, 1.165) is 128 Å². The van der Waals surface area contributed by atoms with E-state index < -0.39 is 6.10 Å². The summed E-state index contributed by atoms with van der Waals surface area (Å²) in [5.41, 5.74) is 0. The van der Waals surface area contributed by atoms with Crippen LogP contribution in [-0.2, 0) is 28.6 Å². The van der Waals surface area contributed by atoms with Crippen LogP contribution in [0.5, 0.6) is 0 Å². The Hall–Kier alpha value is -4.45. The Morgan fingerprint density at radius 2 is 0.500 bits per heavy atom. The van der Waals surface area contributed by atoms with Gasteiger partial charge in [-0.15, -0.1) is 0 Å². The Bertz CT molecular complexity index is 1670. The van der Waals surface area contributed by atoms with Gasteiger partial charge in [0.25, 0.3) is 0 Å². The predicted octanol–water partition coefficient (Wildman–Crippen LogP) is 22.2. The third-order valence-electron chi connectivity index (χ3n) is 13.4. The van der Waals surface area contributed by atoms with E-state index in [1.807, 2.05) is 0 Å². The van der Waals surface area contributed by atoms with Crippen molar-refractivity contribution in [1.29, 1.82) is 0 Å². The number of ether oxygens (including phenoxy) is 3. The van der Waals surface area contributed by atoms with Crippen molar-refractivity contribution in [2.45, 2.75) is 290 Å². The molecule has 0 radical (unpaired) electrons. The predicted molar refractivity (Wildman–Crippen MR) is 339 cm³/mol. The average molecular weight is 1080 g/mol. The molecule has 0 aliphatic rings. The Balaban J connectivity index is 4.44. The lowest BCUT2D eigenvalue weighted by molar-refractivity contribution is -0.167. The highest BCUT2D eigenvalue weighted by atomic mass is 16.6. The maximum absolute atomic E-state index is 12.9. The van der Waals surface area contributed by atoms with Crippen LogP contribution < -0.4 is 0 Å². The zero-order valence-electron chi connectivity index (χ0n) is 50.6. The molecule has 6 heteroatoms. The second kappa shape index (κ2) is 65.1. The van der Waals surface area contributed by atoms with E-state index in [-0.39, 0.29) is 37.5 Å². The normalized spacial score (nSPS) is 13.0. The summed E-state index contributed by atoms with van der Waals surface area (Å²) in [5, 5.41) is 0. The van der Waals surface area contributed by atoms with Crippen molar-refractivity contribution in [2.24, 2.45) is 0 Å². The van der Waals surface area contributed by atoms with Gasteiger partial charge in [0.2, 0.25) is 0 Å². The van der Waals surface area contributed by atoms with E-state index >= 15 is 0 Å². The third-order valence-corrected chi connectivity index (χ3v) is 13.4. The summed E-state index contributed by atoms with van der Waals surface area (Å²) in [6.07, 6.45) is 91.7. The molecule has 0 aliphatic heterocycles. The smallest absolute Gasteiger partial charge is 0.306 e. The molecular weight excluding hydrogens is 961 g/mol. The lowest BCUT2D eigenvalue weighted by Crippen LogP contribution is -2.30. The summed E-state index contributed by atoms with van der Waals surface area (Å²) in [5.74, 6) is -0.945. The number of allylic oxidation sites excluding steroid dienone is 22. The summed E-state index contributed by atoms with van der Waals surface area (Å²) in [6.45, 7) is 6.39. The van der Waals surface area contributed by atoms with Crippen LogP contribution in [0.4, 0.5) is 0 Å². The first-order chi connectivity index (χ1) is 38.5. The van der Waals surface area contributed by atoms with Crippen molar-refractivity contribution < 1.29 is 28.6 Å². The van der Waals surface area contributed by atoms with E-state index in [9.17, 15) is 14.4 Å². The topological polar surface area (TPSA) is 78.9 Å². The lowest BCUT2D eigenvalue weighted by atomic mass is 10.0. The number of carbonyl (C=O) groups is 3. The van der Waals surface area contributed by atoms with Gasteiger partial charge < -0.3 is 14.2 Å². The van der Waals surface area contributed by atoms with Crippen molar-refractivity contribution in [3.63, 3.8) is 0 Å². The van der Waals surface area contributed by atoms with E-state index in [4.69, 9.17) is 14.2 Å². The molecule has 6 nitrogen and oxygen atoms in total. The summed E-state index contributed by atoms with van der Waals surface area (Å²) >= 11 is 0. The molecule has 0 aromatic heterocycles. The molecule has 0 bridgehead atoms. The van der Waals surface area contributed by atoms with E-state index in [2.05, 4.69) is 154 Å². The molecule has 1 unspecified atom stereocenters. The fourth-order valence-corrected chi connectivity index (χ4v) is 8.65. The Morgan fingerprint density at radius 3 is 0.808 bits per heavy atom. The maximum atomic E-state index is 12.9. The summed E-state index contributed by atoms with van der Waals surface area (Å²) in [6, 6.07) is 0. The molecule has 0 aliphatic carbocycles. The van der Waals surface area contributed by atoms with Crippen molar-refractivity contribution in [2.75, 3.05) is 13.2 Å². The number of unbranched alkanes of at least 4 members (excludes halogenated alkanes) is 24. The Morgan fingerprint density at radius 1 is 0.269 bits per heavy atom. The van der Waals surface area contributed by atoms with Crippen LogP contribution >= 0.6 is 0 Å². The van der Waals surface area contributed by atoms with Crippen molar-refractivity contribution in [3.05, 3.63) is 134 Å². The van der Waals surface area contributed by atoms with Crippen LogP contribution in [0.25, 0.3) is 0 Å². The fourth-order valence-electron chi connectivity index (χ4n) is 8.65. The van der Waals surface area contributed by atoms with Crippen molar-refractivity contribution >= 4 is 17.9 Å². The van der Waals surface area contributed by atoms with Crippen LogP contribution in [0.2, 0.25) is 0 Å². The van der Waals surface area contributed by atoms with Gasteiger partial charge in [-0.3, -0.25) is 14.4 Å². The molecule has 0 saturated carbocycles. The molecule has 0 amide bonds. The van der Waals surface area contributed by atoms with Gasteiger partial charge in [-0.2, -0.15) is 0 Å². The van der Waals surface area contributed by atoms with Gasteiger partial charge in [-0.05, 0) is 116 Å². The highest BCUT2D eigenvalue weighted by Crippen LogP contribution is 2.16. The molecule has 0 saturated heterocycles. The second-order valence-electron chi connectivity index (χ2n) is 20.9. The van der Waals surface area contributed by atoms with E-state index in [0.29, 0.717) is 19.3 Å². The summed E-state index contributed by atoms with van der Waals surface area (Å²) in [4.78, 5) is 38.3. The standard InChI is InChI=1S/C72H118O6/c1-4-7-10-13-16-19-22-25-28-30-32-34-35-36-37-39-40-42-44-47-50-53-56-59-62-65-71(74)77-68-69(67-76-70(73)64-61-58-55-52-49-46-27-24-21-18-15-12-9-6-3)78-72(75)66-63-60-57-54-51-48-45-43-41-38-33-31-29-26-23-20-17-14-11-8-5-2/h7-8,10-11,16-17,19-20,25-26,28-29,32-34,36-38,43,45,51,54,69H,4-6,9,12-15,18,21-24,27,30-31,35,39-42,44,46-50,52-53,55-68H2,1-3H3/b10-7-,11-8-,19-16-,20-17-,28-25-,29-26-,34-32-,37-36-,38-33-,45-43-,54-51-. The molecule has 0 rings (SSSR count). The SMILES string of the molecule is CC/C=C\C/C=C\C/C=C\C/C=C\C/C=C\C/C=C\CCCCC(=O)OC(COC(=O)CCCCCCCCCCC/C=C\C/C=C\C/C=C\C/C=C\C/C=C\CC)COC(=O)CCCCCCCCCCCCCCCC. The van der Waals surface area contributed by atoms with E-state index in [1.54, 1.807) is 0 Å². The van der Waals surface area contributed by atoms with E-state index in [1.165, 1.54) is 109 Å². The van der Waals surface area contributed by atoms with Crippen molar-refractivity contribution in [1.82, 2.24) is 0 Å². The lowest BCUT2D eigenvalue weighted by Gasteiger charge is -2.18. The molecular formula is C72H118O6. The molecule has 0 fully saturated rings. The van der Waals surface area contributed by atoms with Gasteiger partial charge in [0.05, 0.1) is 0 Å². The summed E-state index contributed by atoms with van der Waals surface area (Å²) < 4.78 is 16.9. The minimum Gasteiger partial charge on any atom is -0.462 e. The average Bonchev–Trinajstić information content (AvgIpc) is 3.44. The molecule has 442 valence electrons. The van der Waals surface area contributed by atoms with Gasteiger partial charge in [0.15, 0.2) is 6.10 Å². The van der Waals surface area contributed by atoms with Gasteiger partial charge in [-0.1, -0.05) is 283 Å². The third kappa shape index (κ3) is 62.4. The number of esters is 3. The second-order valence-corrected chi connectivity index (χ2v) is 20.9. The molecule has 78 heavy (non-hydrogen) atoms. The van der Waals surface area contributed by atoms with Crippen molar-refractivity contribution in [3.8, 4) is 0 Å². The molecule has 0 aromatic carbocycles. The fraction of sp³-hybridized carbons (Fsp3) is 0.653. The van der Waals surface area contributed by atoms with Crippen LogP contribution in [-0.4, -0.2) is 37.2 Å². The maximum Gasteiger partial charge on any atom is 0.306 e. The summed E-state index contributed by atoms with van der Waals surface area (Å²) in [7, 11) is 0. The molecule has 1 atom stereocenters. The van der Waals surface area contributed by atoms with Crippen LogP contribution in [0.3, 0.4) is 0 Å². The van der Waals surface area contributed by atoms with Gasteiger partial charge in [0.1, 0.15) is 13.2 Å². The zero-order valence-corrected chi connectivity index (χ0v) is 50.6. The molecule has 0 spiro atoms. The largest absolute Gasteiger partial charge is 0.462 e. The Labute approximate surface area is 481 Å². The number of hydrogen-bond donors (Lipinski definition) is 0.